The minimum absolute atomic E-state index is 0.109. The Morgan fingerprint density at radius 2 is 2.07 bits per heavy atom. The van der Waals surface area contributed by atoms with E-state index in [9.17, 15) is 9.18 Å². The van der Waals surface area contributed by atoms with Gasteiger partial charge in [0.25, 0.3) is 5.56 Å². The number of hydrogen-bond donors (Lipinski definition) is 0. The van der Waals surface area contributed by atoms with Crippen LogP contribution in [0.5, 0.6) is 0 Å². The molecule has 0 radical (unpaired) electrons. The lowest BCUT2D eigenvalue weighted by Crippen LogP contribution is -2.24. The number of anilines is 1. The SMILES string of the molecule is CCN(Cc1cc(=O)n2c(/C=C/C=N/C)c(C)sc2n1)c1ccc(F)cc1. The highest BCUT2D eigenvalue weighted by Crippen LogP contribution is 2.22. The number of aromatic nitrogens is 2. The maximum Gasteiger partial charge on any atom is 0.259 e. The molecule has 0 bridgehead atoms. The molecule has 3 aromatic rings. The molecule has 2 aromatic heterocycles. The number of aryl methyl sites for hydroxylation is 1. The van der Waals surface area contributed by atoms with E-state index in [-0.39, 0.29) is 11.4 Å². The molecule has 3 rings (SSSR count). The fourth-order valence-electron chi connectivity index (χ4n) is 2.87. The zero-order valence-electron chi connectivity index (χ0n) is 15.5. The van der Waals surface area contributed by atoms with Gasteiger partial charge in [-0.1, -0.05) is 0 Å². The average molecular weight is 384 g/mol. The number of fused-ring (bicyclic) bond motifs is 1. The molecule has 7 heteroatoms. The fraction of sp³-hybridized carbons (Fsp3) is 0.250. The van der Waals surface area contributed by atoms with Gasteiger partial charge in [-0.05, 0) is 50.3 Å². The van der Waals surface area contributed by atoms with E-state index in [1.54, 1.807) is 35.9 Å². The maximum atomic E-state index is 13.2. The predicted octanol–water partition coefficient (Wildman–Crippen LogP) is 3.94. The van der Waals surface area contributed by atoms with Crippen LogP contribution in [-0.2, 0) is 6.54 Å². The van der Waals surface area contributed by atoms with Crippen LogP contribution in [0.3, 0.4) is 0 Å². The van der Waals surface area contributed by atoms with Crippen LogP contribution in [0, 0.1) is 12.7 Å². The van der Waals surface area contributed by atoms with Crippen LogP contribution in [-0.4, -0.2) is 29.2 Å². The molecule has 0 atom stereocenters. The predicted molar refractivity (Wildman–Crippen MR) is 111 cm³/mol. The standard InChI is InChI=1S/C20H21FN4OS/c1-4-24(17-9-7-15(21)8-10-17)13-16-12-19(26)25-18(6-5-11-22-3)14(2)27-20(25)23-16/h5-12H,4,13H2,1-3H3/b6-5+,22-11+. The van der Waals surface area contributed by atoms with Crippen molar-refractivity contribution in [2.45, 2.75) is 20.4 Å². The summed E-state index contributed by atoms with van der Waals surface area (Å²) in [6.45, 7) is 5.19. The van der Waals surface area contributed by atoms with Gasteiger partial charge in [-0.2, -0.15) is 0 Å². The second kappa shape index (κ2) is 8.26. The number of thiazole rings is 1. The second-order valence-corrected chi connectivity index (χ2v) is 7.19. The molecule has 0 amide bonds. The monoisotopic (exact) mass is 384 g/mol. The molecule has 2 heterocycles. The van der Waals surface area contributed by atoms with Crippen molar-refractivity contribution in [1.29, 1.82) is 0 Å². The van der Waals surface area contributed by atoms with Crippen molar-refractivity contribution in [3.8, 4) is 0 Å². The quantitative estimate of drug-likeness (QED) is 0.605. The van der Waals surface area contributed by atoms with Gasteiger partial charge < -0.3 is 4.90 Å². The van der Waals surface area contributed by atoms with E-state index in [1.807, 2.05) is 26.0 Å². The molecule has 0 aliphatic rings. The van der Waals surface area contributed by atoms with E-state index < -0.39 is 0 Å². The number of aliphatic imine (C=N–C) groups is 1. The molecular formula is C20H21FN4OS. The second-order valence-electron chi connectivity index (χ2n) is 6.00. The summed E-state index contributed by atoms with van der Waals surface area (Å²) in [5.41, 5.74) is 2.30. The van der Waals surface area contributed by atoms with E-state index in [4.69, 9.17) is 0 Å². The van der Waals surface area contributed by atoms with E-state index in [2.05, 4.69) is 14.9 Å². The third kappa shape index (κ3) is 4.14. The maximum absolute atomic E-state index is 13.2. The molecule has 5 nitrogen and oxygen atoms in total. The van der Waals surface area contributed by atoms with Gasteiger partial charge >= 0.3 is 0 Å². The third-order valence-electron chi connectivity index (χ3n) is 4.20. The zero-order chi connectivity index (χ0) is 19.4. The summed E-state index contributed by atoms with van der Waals surface area (Å²) >= 11 is 1.49. The Labute approximate surface area is 161 Å². The molecular weight excluding hydrogens is 363 g/mol. The normalized spacial score (nSPS) is 11.9. The molecule has 27 heavy (non-hydrogen) atoms. The number of hydrogen-bond acceptors (Lipinski definition) is 5. The first-order valence-electron chi connectivity index (χ1n) is 8.65. The van der Waals surface area contributed by atoms with Crippen LogP contribution in [0.2, 0.25) is 0 Å². The molecule has 0 aliphatic heterocycles. The Morgan fingerprint density at radius 3 is 2.74 bits per heavy atom. The van der Waals surface area contributed by atoms with Crippen molar-refractivity contribution in [2.75, 3.05) is 18.5 Å². The molecule has 0 saturated carbocycles. The Kier molecular flexibility index (Phi) is 5.81. The molecule has 0 aliphatic carbocycles. The van der Waals surface area contributed by atoms with E-state index in [0.29, 0.717) is 17.2 Å². The van der Waals surface area contributed by atoms with Crippen molar-refractivity contribution in [3.05, 3.63) is 68.8 Å². The molecule has 0 saturated heterocycles. The fourth-order valence-corrected chi connectivity index (χ4v) is 3.85. The van der Waals surface area contributed by atoms with Gasteiger partial charge in [0.05, 0.1) is 17.9 Å². The van der Waals surface area contributed by atoms with Gasteiger partial charge in [-0.3, -0.25) is 14.2 Å². The van der Waals surface area contributed by atoms with Gasteiger partial charge in [0.2, 0.25) is 0 Å². The van der Waals surface area contributed by atoms with Crippen LogP contribution < -0.4 is 10.5 Å². The van der Waals surface area contributed by atoms with Crippen molar-refractivity contribution in [3.63, 3.8) is 0 Å². The van der Waals surface area contributed by atoms with Gasteiger partial charge in [-0.25, -0.2) is 9.37 Å². The Balaban J connectivity index is 1.96. The van der Waals surface area contributed by atoms with Crippen molar-refractivity contribution >= 4 is 34.3 Å². The zero-order valence-corrected chi connectivity index (χ0v) is 16.3. The minimum Gasteiger partial charge on any atom is -0.366 e. The summed E-state index contributed by atoms with van der Waals surface area (Å²) in [7, 11) is 1.70. The van der Waals surface area contributed by atoms with E-state index in [1.165, 1.54) is 23.5 Å². The molecule has 0 N–H and O–H groups in total. The van der Waals surface area contributed by atoms with Crippen molar-refractivity contribution in [2.24, 2.45) is 4.99 Å². The van der Waals surface area contributed by atoms with Gasteiger partial charge in [0, 0.05) is 36.4 Å². The first-order chi connectivity index (χ1) is 13.0. The molecule has 0 unspecified atom stereocenters. The summed E-state index contributed by atoms with van der Waals surface area (Å²) in [6.07, 6.45) is 5.35. The Morgan fingerprint density at radius 1 is 1.33 bits per heavy atom. The summed E-state index contributed by atoms with van der Waals surface area (Å²) < 4.78 is 14.8. The van der Waals surface area contributed by atoms with Gasteiger partial charge in [-0.15, -0.1) is 11.3 Å². The molecule has 0 fully saturated rings. The highest BCUT2D eigenvalue weighted by atomic mass is 32.1. The van der Waals surface area contributed by atoms with Crippen molar-refractivity contribution < 1.29 is 4.39 Å². The third-order valence-corrected chi connectivity index (χ3v) is 5.17. The smallest absolute Gasteiger partial charge is 0.259 e. The lowest BCUT2D eigenvalue weighted by molar-refractivity contribution is 0.627. The van der Waals surface area contributed by atoms with Crippen LogP contribution in [0.25, 0.3) is 11.0 Å². The molecule has 1 aromatic carbocycles. The number of halogens is 1. The molecule has 140 valence electrons. The first-order valence-corrected chi connectivity index (χ1v) is 9.46. The lowest BCUT2D eigenvalue weighted by Gasteiger charge is -2.22. The summed E-state index contributed by atoms with van der Waals surface area (Å²) in [5, 5.41) is 0. The van der Waals surface area contributed by atoms with E-state index in [0.717, 1.165) is 22.8 Å². The summed E-state index contributed by atoms with van der Waals surface area (Å²) in [6, 6.07) is 7.90. The topological polar surface area (TPSA) is 50.0 Å². The highest BCUT2D eigenvalue weighted by Gasteiger charge is 2.13. The lowest BCUT2D eigenvalue weighted by atomic mass is 10.2. The number of allylic oxidation sites excluding steroid dienone is 1. The van der Waals surface area contributed by atoms with E-state index >= 15 is 0 Å². The van der Waals surface area contributed by atoms with Crippen LogP contribution in [0.4, 0.5) is 10.1 Å². The van der Waals surface area contributed by atoms with Crippen LogP contribution in [0.15, 0.2) is 46.2 Å². The summed E-state index contributed by atoms with van der Waals surface area (Å²) in [4.78, 5) is 25.0. The Hall–Kier alpha value is -2.80. The Bertz CT molecular complexity index is 1050. The average Bonchev–Trinajstić information content (AvgIpc) is 2.96. The number of rotatable bonds is 6. The number of nitrogens with zero attached hydrogens (tertiary/aromatic N) is 4. The van der Waals surface area contributed by atoms with Crippen LogP contribution in [0.1, 0.15) is 23.2 Å². The van der Waals surface area contributed by atoms with Crippen LogP contribution >= 0.6 is 11.3 Å². The van der Waals surface area contributed by atoms with Gasteiger partial charge in [0.15, 0.2) is 4.96 Å². The van der Waals surface area contributed by atoms with Crippen molar-refractivity contribution in [1.82, 2.24) is 9.38 Å². The number of benzene rings is 1. The first kappa shape index (κ1) is 19.0. The minimum atomic E-state index is -0.268. The molecule has 0 spiro atoms. The highest BCUT2D eigenvalue weighted by molar-refractivity contribution is 7.17. The largest absolute Gasteiger partial charge is 0.366 e. The van der Waals surface area contributed by atoms with Gasteiger partial charge in [0.1, 0.15) is 5.82 Å². The summed E-state index contributed by atoms with van der Waals surface area (Å²) in [5.74, 6) is -0.268.